The Kier molecular flexibility index (Phi) is 12.1. The molecule has 0 saturated heterocycles. The van der Waals surface area contributed by atoms with Crippen molar-refractivity contribution in [1.82, 2.24) is 0 Å². The molecule has 0 heterocycles. The Balaban J connectivity index is 0.000000665. The summed E-state index contributed by atoms with van der Waals surface area (Å²) in [6.45, 7) is 20.8. The maximum Gasteiger partial charge on any atom is -0.0623 e. The fourth-order valence-corrected chi connectivity index (χ4v) is 4.09. The SMILES string of the molecule is CC(C)(C)c1cc(C(C)(C)C)c([PH3+])c(C(C)(C)C)c1.[Cl][Ru][Cl].c1ccccc1. The van der Waals surface area contributed by atoms with Gasteiger partial charge in [0.2, 0.25) is 0 Å². The van der Waals surface area contributed by atoms with Gasteiger partial charge in [-0.1, -0.05) is 111 Å². The van der Waals surface area contributed by atoms with Crippen LogP contribution in [0.2, 0.25) is 0 Å². The van der Waals surface area contributed by atoms with Crippen molar-refractivity contribution in [2.45, 2.75) is 78.6 Å². The van der Waals surface area contributed by atoms with Crippen molar-refractivity contribution < 1.29 is 15.1 Å². The third-order valence-electron chi connectivity index (χ3n) is 4.40. The summed E-state index contributed by atoms with van der Waals surface area (Å²) < 4.78 is 0. The summed E-state index contributed by atoms with van der Waals surface area (Å²) in [5, 5.41) is 1.49. The summed E-state index contributed by atoms with van der Waals surface area (Å²) >= 11 is -0.346. The predicted molar refractivity (Wildman–Crippen MR) is 131 cm³/mol. The van der Waals surface area contributed by atoms with Crippen LogP contribution in [0.15, 0.2) is 48.5 Å². The van der Waals surface area contributed by atoms with Crippen LogP contribution in [0.1, 0.15) is 79.0 Å². The van der Waals surface area contributed by atoms with Crippen LogP contribution in [0, 0.1) is 0 Å². The first kappa shape index (κ1) is 28.1. The molecule has 160 valence electrons. The third-order valence-corrected chi connectivity index (χ3v) is 5.16. The number of rotatable bonds is 0. The van der Waals surface area contributed by atoms with E-state index in [9.17, 15) is 0 Å². The van der Waals surface area contributed by atoms with Gasteiger partial charge in [-0.05, 0) is 32.9 Å². The zero-order valence-electron chi connectivity index (χ0n) is 18.9. The second-order valence-corrected chi connectivity index (χ2v) is 13.4. The van der Waals surface area contributed by atoms with Gasteiger partial charge < -0.3 is 0 Å². The van der Waals surface area contributed by atoms with Crippen molar-refractivity contribution in [2.24, 2.45) is 0 Å². The summed E-state index contributed by atoms with van der Waals surface area (Å²) in [7, 11) is 11.8. The summed E-state index contributed by atoms with van der Waals surface area (Å²) in [4.78, 5) is 0. The van der Waals surface area contributed by atoms with E-state index in [4.69, 9.17) is 19.4 Å². The van der Waals surface area contributed by atoms with Crippen molar-refractivity contribution in [3.8, 4) is 0 Å². The van der Waals surface area contributed by atoms with E-state index in [1.54, 1.807) is 0 Å². The van der Waals surface area contributed by atoms with Crippen LogP contribution in [-0.2, 0) is 31.4 Å². The molecule has 1 atom stereocenters. The fourth-order valence-electron chi connectivity index (χ4n) is 2.83. The molecule has 2 aromatic rings. The van der Waals surface area contributed by atoms with Crippen LogP contribution in [0.5, 0.6) is 0 Å². The van der Waals surface area contributed by atoms with E-state index < -0.39 is 0 Å². The van der Waals surface area contributed by atoms with Gasteiger partial charge in [0.1, 0.15) is 0 Å². The van der Waals surface area contributed by atoms with Gasteiger partial charge in [-0.2, -0.15) is 0 Å². The first-order valence-corrected chi connectivity index (χ1v) is 14.7. The van der Waals surface area contributed by atoms with Crippen LogP contribution in [0.25, 0.3) is 0 Å². The molecule has 28 heavy (non-hydrogen) atoms. The van der Waals surface area contributed by atoms with E-state index in [1.165, 1.54) is 22.0 Å². The zero-order valence-corrected chi connectivity index (χ0v) is 23.6. The minimum absolute atomic E-state index is 0.205. The Morgan fingerprint density at radius 2 is 0.857 bits per heavy atom. The van der Waals surface area contributed by atoms with Crippen LogP contribution in [-0.4, -0.2) is 0 Å². The molecule has 2 aromatic carbocycles. The van der Waals surface area contributed by atoms with E-state index in [1.807, 2.05) is 36.4 Å². The molecule has 0 fully saturated rings. The van der Waals surface area contributed by atoms with Crippen molar-refractivity contribution in [1.29, 1.82) is 0 Å². The minimum Gasteiger partial charge on any atom is -0.0623 e. The monoisotopic (exact) mass is 529 g/mol. The van der Waals surface area contributed by atoms with Crippen molar-refractivity contribution in [3.63, 3.8) is 0 Å². The maximum absolute atomic E-state index is 4.85. The summed E-state index contributed by atoms with van der Waals surface area (Å²) in [6.07, 6.45) is 0. The fraction of sp³-hybridized carbons (Fsp3) is 0.500. The van der Waals surface area contributed by atoms with Crippen LogP contribution in [0.4, 0.5) is 0 Å². The minimum atomic E-state index is -0.346. The van der Waals surface area contributed by atoms with Gasteiger partial charge >= 0.3 is 34.5 Å². The molecule has 4 heteroatoms. The molecule has 0 saturated carbocycles. The molecular weight excluding hydrogens is 491 g/mol. The second kappa shape index (κ2) is 12.1. The Morgan fingerprint density at radius 3 is 1.04 bits per heavy atom. The molecule has 0 aliphatic heterocycles. The van der Waals surface area contributed by atoms with Crippen molar-refractivity contribution >= 4 is 33.9 Å². The largest absolute Gasteiger partial charge is 0.0623 e. The first-order chi connectivity index (χ1) is 12.7. The Hall–Kier alpha value is 0.0734. The van der Waals surface area contributed by atoms with E-state index in [-0.39, 0.29) is 31.4 Å². The number of hydrogen-bond acceptors (Lipinski definition) is 0. The number of hydrogen-bond donors (Lipinski definition) is 0. The molecule has 0 amide bonds. The molecule has 0 nitrogen and oxygen atoms in total. The normalized spacial score (nSPS) is 12.0. The van der Waals surface area contributed by atoms with Gasteiger partial charge in [0.05, 0.1) is 5.30 Å². The van der Waals surface area contributed by atoms with Gasteiger partial charge in [0.25, 0.3) is 0 Å². The number of benzene rings is 2. The van der Waals surface area contributed by atoms with E-state index in [0.717, 1.165) is 0 Å². The topological polar surface area (TPSA) is 0 Å². The Morgan fingerprint density at radius 1 is 0.607 bits per heavy atom. The smallest absolute Gasteiger partial charge is 0.0623 e. The van der Waals surface area contributed by atoms with E-state index >= 15 is 0 Å². The zero-order chi connectivity index (χ0) is 22.2. The standard InChI is InChI=1S/C18H31P.C6H6.2ClH.Ru/c1-16(2,3)12-10-13(17(4,5)6)15(19)14(11-12)18(7,8)9;1-2-4-6-5-3-1;;;/h10-11H,19H2,1-9H3;1-6H;2*1H;/q;;;;+2/p-1. The van der Waals surface area contributed by atoms with Crippen LogP contribution in [0.3, 0.4) is 0 Å². The van der Waals surface area contributed by atoms with Crippen LogP contribution < -0.4 is 5.30 Å². The molecule has 0 radical (unpaired) electrons. The predicted octanol–water partition coefficient (Wildman–Crippen LogP) is 7.87. The average Bonchev–Trinajstić information content (AvgIpc) is 2.54. The van der Waals surface area contributed by atoms with E-state index in [2.05, 4.69) is 83.7 Å². The van der Waals surface area contributed by atoms with E-state index in [0.29, 0.717) is 0 Å². The van der Waals surface area contributed by atoms with Gasteiger partial charge in [-0.15, -0.1) is 0 Å². The Labute approximate surface area is 192 Å². The molecule has 0 aliphatic carbocycles. The third kappa shape index (κ3) is 10.2. The first-order valence-electron chi connectivity index (χ1n) is 9.53. The molecule has 0 aliphatic rings. The second-order valence-electron chi connectivity index (χ2n) is 10.0. The van der Waals surface area contributed by atoms with Crippen molar-refractivity contribution in [3.05, 3.63) is 65.2 Å². The molecule has 1 unspecified atom stereocenters. The summed E-state index contributed by atoms with van der Waals surface area (Å²) in [6, 6.07) is 16.9. The van der Waals surface area contributed by atoms with Crippen LogP contribution >= 0.6 is 28.6 Å². The van der Waals surface area contributed by atoms with Crippen molar-refractivity contribution in [2.75, 3.05) is 0 Å². The summed E-state index contributed by atoms with van der Waals surface area (Å²) in [5.74, 6) is 0. The summed E-state index contributed by atoms with van der Waals surface area (Å²) in [5.41, 5.74) is 5.08. The molecule has 0 N–H and O–H groups in total. The van der Waals surface area contributed by atoms with Gasteiger partial charge in [0.15, 0.2) is 0 Å². The van der Waals surface area contributed by atoms with Gasteiger partial charge in [0, 0.05) is 9.24 Å². The van der Waals surface area contributed by atoms with Gasteiger partial charge in [-0.3, -0.25) is 0 Å². The molecule has 0 aromatic heterocycles. The Bertz CT molecular complexity index is 632. The average molecular weight is 530 g/mol. The maximum atomic E-state index is 4.85. The number of halogens is 2. The molecule has 2 rings (SSSR count). The van der Waals surface area contributed by atoms with Gasteiger partial charge in [-0.25, -0.2) is 0 Å². The molecule has 0 bridgehead atoms. The quantitative estimate of drug-likeness (QED) is 0.241. The molecule has 0 spiro atoms. The molecular formula is C24H38Cl2PRu+.